The van der Waals surface area contributed by atoms with Crippen molar-refractivity contribution in [2.45, 2.75) is 0 Å². The summed E-state index contributed by atoms with van der Waals surface area (Å²) in [6.45, 7) is 0. The molecule has 13 heavy (non-hydrogen) atoms. The first-order chi connectivity index (χ1) is 6.15. The summed E-state index contributed by atoms with van der Waals surface area (Å²) in [5.41, 5.74) is 0.0251. The minimum absolute atomic E-state index is 0.0542. The number of hydrogen-bond acceptors (Lipinski definition) is 4. The molecule has 0 N–H and O–H groups in total. The number of nitro groups is 1. The summed E-state index contributed by atoms with van der Waals surface area (Å²) >= 11 is 5.53. The highest BCUT2D eigenvalue weighted by Crippen LogP contribution is 2.28. The normalized spacial score (nSPS) is 9.00. The van der Waals surface area contributed by atoms with Gasteiger partial charge in [0.05, 0.1) is 10.6 Å². The van der Waals surface area contributed by atoms with Crippen LogP contribution in [0, 0.1) is 10.1 Å². The van der Waals surface area contributed by atoms with Gasteiger partial charge in [-0.2, -0.15) is 4.99 Å². The molecule has 0 aliphatic carbocycles. The highest BCUT2D eigenvalue weighted by Gasteiger charge is 2.11. The van der Waals surface area contributed by atoms with E-state index in [0.717, 1.165) is 0 Å². The third kappa shape index (κ3) is 2.11. The molecule has 0 atom stereocenters. The van der Waals surface area contributed by atoms with Gasteiger partial charge in [-0.15, -0.1) is 0 Å². The molecule has 0 bridgehead atoms. The Balaban J connectivity index is 3.19. The molecule has 0 spiro atoms. The summed E-state index contributed by atoms with van der Waals surface area (Å²) in [6, 6.07) is 3.72. The summed E-state index contributed by atoms with van der Waals surface area (Å²) in [5.74, 6) is 0. The van der Waals surface area contributed by atoms with Crippen LogP contribution in [-0.2, 0) is 4.79 Å². The predicted octanol–water partition coefficient (Wildman–Crippen LogP) is 2.22. The van der Waals surface area contributed by atoms with Gasteiger partial charge in [-0.3, -0.25) is 10.1 Å². The Morgan fingerprint density at radius 2 is 2.23 bits per heavy atom. The number of hydrogen-bond donors (Lipinski definition) is 0. The minimum Gasteiger partial charge on any atom is -0.258 e. The third-order valence-electron chi connectivity index (χ3n) is 1.30. The standard InChI is InChI=1S/C7H3ClN2O3/c8-6-3-5(9-4-11)1-2-7(6)10(12)13/h1-3H. The Hall–Kier alpha value is -1.71. The van der Waals surface area contributed by atoms with Gasteiger partial charge >= 0.3 is 0 Å². The van der Waals surface area contributed by atoms with Crippen molar-refractivity contribution >= 4 is 29.1 Å². The van der Waals surface area contributed by atoms with Gasteiger partial charge in [-0.05, 0) is 12.1 Å². The maximum Gasteiger partial charge on any atom is 0.288 e. The second-order valence-electron chi connectivity index (χ2n) is 2.10. The Kier molecular flexibility index (Phi) is 2.74. The summed E-state index contributed by atoms with van der Waals surface area (Å²) in [4.78, 5) is 22.8. The molecule has 0 radical (unpaired) electrons. The quantitative estimate of drug-likeness (QED) is 0.317. The molecule has 0 heterocycles. The molecule has 0 saturated heterocycles. The molecule has 0 aliphatic rings. The number of nitro benzene ring substituents is 1. The highest BCUT2D eigenvalue weighted by atomic mass is 35.5. The average Bonchev–Trinajstić information content (AvgIpc) is 2.04. The van der Waals surface area contributed by atoms with Crippen LogP contribution in [0.1, 0.15) is 0 Å². The smallest absolute Gasteiger partial charge is 0.258 e. The van der Waals surface area contributed by atoms with Crippen molar-refractivity contribution in [2.24, 2.45) is 4.99 Å². The van der Waals surface area contributed by atoms with Crippen molar-refractivity contribution in [3.05, 3.63) is 33.3 Å². The van der Waals surface area contributed by atoms with E-state index in [1.807, 2.05) is 0 Å². The first-order valence-electron chi connectivity index (χ1n) is 3.17. The predicted molar refractivity (Wildman–Crippen MR) is 45.9 cm³/mol. The van der Waals surface area contributed by atoms with E-state index >= 15 is 0 Å². The van der Waals surface area contributed by atoms with Gasteiger partial charge in [0, 0.05) is 6.07 Å². The SMILES string of the molecule is O=C=Nc1ccc([N+](=O)[O-])c(Cl)c1. The maximum absolute atomic E-state index is 10.3. The van der Waals surface area contributed by atoms with Gasteiger partial charge in [-0.1, -0.05) is 11.6 Å². The van der Waals surface area contributed by atoms with Crippen LogP contribution in [0.2, 0.25) is 5.02 Å². The van der Waals surface area contributed by atoms with Crippen LogP contribution in [0.3, 0.4) is 0 Å². The minimum atomic E-state index is -0.614. The van der Waals surface area contributed by atoms with Crippen molar-refractivity contribution in [3.8, 4) is 0 Å². The topological polar surface area (TPSA) is 72.6 Å². The molecule has 66 valence electrons. The molecule has 1 aromatic carbocycles. The number of nitrogens with zero attached hydrogens (tertiary/aromatic N) is 2. The van der Waals surface area contributed by atoms with Gasteiger partial charge in [0.2, 0.25) is 6.08 Å². The Labute approximate surface area is 77.8 Å². The van der Waals surface area contributed by atoms with Gasteiger partial charge in [0.1, 0.15) is 5.02 Å². The van der Waals surface area contributed by atoms with Crippen LogP contribution in [0.5, 0.6) is 0 Å². The Morgan fingerprint density at radius 3 is 2.69 bits per heavy atom. The van der Waals surface area contributed by atoms with Crippen molar-refractivity contribution in [3.63, 3.8) is 0 Å². The van der Waals surface area contributed by atoms with Gasteiger partial charge in [0.25, 0.3) is 5.69 Å². The van der Waals surface area contributed by atoms with Crippen LogP contribution in [0.4, 0.5) is 11.4 Å². The van der Waals surface area contributed by atoms with Crippen LogP contribution in [0.15, 0.2) is 23.2 Å². The van der Waals surface area contributed by atoms with Gasteiger partial charge < -0.3 is 0 Å². The van der Waals surface area contributed by atoms with Crippen molar-refractivity contribution < 1.29 is 9.72 Å². The van der Waals surface area contributed by atoms with Crippen LogP contribution in [-0.4, -0.2) is 11.0 Å². The second kappa shape index (κ2) is 3.80. The molecule has 6 heteroatoms. The largest absolute Gasteiger partial charge is 0.288 e. The fraction of sp³-hybridized carbons (Fsp3) is 0. The van der Waals surface area contributed by atoms with Gasteiger partial charge in [-0.25, -0.2) is 4.79 Å². The Morgan fingerprint density at radius 1 is 1.54 bits per heavy atom. The van der Waals surface area contributed by atoms with E-state index in [1.54, 1.807) is 0 Å². The molecule has 5 nitrogen and oxygen atoms in total. The summed E-state index contributed by atoms with van der Waals surface area (Å²) in [5, 5.41) is 10.2. The van der Waals surface area contributed by atoms with Crippen LogP contribution in [0.25, 0.3) is 0 Å². The zero-order valence-corrected chi connectivity index (χ0v) is 6.99. The summed E-state index contributed by atoms with van der Waals surface area (Å²) in [7, 11) is 0. The molecular weight excluding hydrogens is 196 g/mol. The van der Waals surface area contributed by atoms with Crippen molar-refractivity contribution in [1.29, 1.82) is 0 Å². The molecule has 0 aromatic heterocycles. The molecular formula is C7H3ClN2O3. The zero-order chi connectivity index (χ0) is 9.84. The molecule has 0 amide bonds. The number of halogens is 1. The molecule has 0 aliphatic heterocycles. The number of benzene rings is 1. The first-order valence-corrected chi connectivity index (χ1v) is 3.55. The average molecular weight is 199 g/mol. The number of rotatable bonds is 2. The third-order valence-corrected chi connectivity index (χ3v) is 1.61. The molecule has 0 unspecified atom stereocenters. The molecule has 1 aromatic rings. The highest BCUT2D eigenvalue weighted by molar-refractivity contribution is 6.32. The van der Waals surface area contributed by atoms with Gasteiger partial charge in [0.15, 0.2) is 0 Å². The maximum atomic E-state index is 10.3. The monoisotopic (exact) mass is 198 g/mol. The number of aliphatic imine (C=N–C) groups is 1. The lowest BCUT2D eigenvalue weighted by Gasteiger charge is -1.94. The van der Waals surface area contributed by atoms with E-state index < -0.39 is 4.92 Å². The lowest BCUT2D eigenvalue weighted by molar-refractivity contribution is -0.384. The lowest BCUT2D eigenvalue weighted by Crippen LogP contribution is -1.87. The summed E-state index contributed by atoms with van der Waals surface area (Å²) < 4.78 is 0. The van der Waals surface area contributed by atoms with E-state index in [2.05, 4.69) is 4.99 Å². The molecule has 0 fully saturated rings. The van der Waals surface area contributed by atoms with E-state index in [1.165, 1.54) is 24.3 Å². The fourth-order valence-corrected chi connectivity index (χ4v) is 1.01. The fourth-order valence-electron chi connectivity index (χ4n) is 0.766. The van der Waals surface area contributed by atoms with E-state index in [0.29, 0.717) is 0 Å². The molecule has 0 saturated carbocycles. The second-order valence-corrected chi connectivity index (χ2v) is 2.50. The number of carbonyl (C=O) groups excluding carboxylic acids is 1. The number of isocyanates is 1. The van der Waals surface area contributed by atoms with Crippen LogP contribution >= 0.6 is 11.6 Å². The molecule has 1 rings (SSSR count). The lowest BCUT2D eigenvalue weighted by atomic mass is 10.3. The Bertz CT molecular complexity index is 399. The van der Waals surface area contributed by atoms with E-state index in [4.69, 9.17) is 11.6 Å². The zero-order valence-electron chi connectivity index (χ0n) is 6.23. The van der Waals surface area contributed by atoms with Crippen molar-refractivity contribution in [1.82, 2.24) is 0 Å². The summed E-state index contributed by atoms with van der Waals surface area (Å²) in [6.07, 6.45) is 1.31. The van der Waals surface area contributed by atoms with Crippen LogP contribution < -0.4 is 0 Å². The van der Waals surface area contributed by atoms with Crippen molar-refractivity contribution in [2.75, 3.05) is 0 Å². The first kappa shape index (κ1) is 9.38. The van der Waals surface area contributed by atoms with E-state index in [9.17, 15) is 14.9 Å². The van der Waals surface area contributed by atoms with E-state index in [-0.39, 0.29) is 16.4 Å².